The summed E-state index contributed by atoms with van der Waals surface area (Å²) in [4.78, 5) is 10.5. The zero-order valence-corrected chi connectivity index (χ0v) is 12.8. The maximum atomic E-state index is 13.7. The molecule has 0 unspecified atom stereocenters. The molecule has 0 saturated heterocycles. The van der Waals surface area contributed by atoms with E-state index in [4.69, 9.17) is 5.11 Å². The molecule has 2 N–H and O–H groups in total. The van der Waals surface area contributed by atoms with Gasteiger partial charge in [-0.15, -0.1) is 11.3 Å². The lowest BCUT2D eigenvalue weighted by Gasteiger charge is -2.12. The van der Waals surface area contributed by atoms with Crippen LogP contribution in [0.1, 0.15) is 20.8 Å². The van der Waals surface area contributed by atoms with Crippen LogP contribution in [-0.4, -0.2) is 19.5 Å². The van der Waals surface area contributed by atoms with Gasteiger partial charge in [0, 0.05) is 0 Å². The first-order valence-electron chi connectivity index (χ1n) is 5.83. The van der Waals surface area contributed by atoms with Crippen LogP contribution in [0.15, 0.2) is 28.5 Å². The summed E-state index contributed by atoms with van der Waals surface area (Å²) in [6.45, 7) is 3.05. The van der Waals surface area contributed by atoms with E-state index in [0.29, 0.717) is 11.1 Å². The van der Waals surface area contributed by atoms with Crippen molar-refractivity contribution >= 4 is 33.0 Å². The van der Waals surface area contributed by atoms with Gasteiger partial charge in [-0.3, -0.25) is 4.72 Å². The number of para-hydroxylation sites is 1. The van der Waals surface area contributed by atoms with Crippen LogP contribution in [0, 0.1) is 19.7 Å². The van der Waals surface area contributed by atoms with Gasteiger partial charge in [-0.1, -0.05) is 12.1 Å². The van der Waals surface area contributed by atoms with E-state index in [1.807, 2.05) is 0 Å². The molecule has 2 aromatic rings. The van der Waals surface area contributed by atoms with Gasteiger partial charge in [-0.25, -0.2) is 17.6 Å². The van der Waals surface area contributed by atoms with Crippen molar-refractivity contribution in [2.45, 2.75) is 18.7 Å². The lowest BCUT2D eigenvalue weighted by atomic mass is 10.2. The number of carbonyl (C=O) groups is 1. The molecule has 1 aromatic heterocycles. The molecule has 5 nitrogen and oxygen atoms in total. The van der Waals surface area contributed by atoms with Gasteiger partial charge in [-0.2, -0.15) is 0 Å². The summed E-state index contributed by atoms with van der Waals surface area (Å²) in [5.74, 6) is -2.05. The Kier molecular flexibility index (Phi) is 4.02. The highest BCUT2D eigenvalue weighted by Crippen LogP contribution is 2.30. The molecule has 0 bridgehead atoms. The lowest BCUT2D eigenvalue weighted by molar-refractivity contribution is 0.0698. The molecule has 112 valence electrons. The second kappa shape index (κ2) is 5.45. The molecule has 0 spiro atoms. The first kappa shape index (κ1) is 15.5. The monoisotopic (exact) mass is 329 g/mol. The third kappa shape index (κ3) is 2.91. The van der Waals surface area contributed by atoms with Gasteiger partial charge in [0.15, 0.2) is 0 Å². The van der Waals surface area contributed by atoms with Crippen molar-refractivity contribution in [3.63, 3.8) is 0 Å². The zero-order valence-electron chi connectivity index (χ0n) is 11.2. The normalized spacial score (nSPS) is 11.4. The Hall–Kier alpha value is -1.93. The van der Waals surface area contributed by atoms with E-state index in [-0.39, 0.29) is 15.5 Å². The predicted molar refractivity (Wildman–Crippen MR) is 78.0 cm³/mol. The molecule has 0 amide bonds. The van der Waals surface area contributed by atoms with Crippen LogP contribution in [0.25, 0.3) is 0 Å². The van der Waals surface area contributed by atoms with Gasteiger partial charge >= 0.3 is 5.97 Å². The number of hydrogen-bond donors (Lipinski definition) is 2. The van der Waals surface area contributed by atoms with Crippen LogP contribution >= 0.6 is 11.3 Å². The van der Waals surface area contributed by atoms with Crippen LogP contribution in [0.3, 0.4) is 0 Å². The molecule has 1 heterocycles. The number of benzene rings is 1. The van der Waals surface area contributed by atoms with Crippen molar-refractivity contribution < 1.29 is 22.7 Å². The quantitative estimate of drug-likeness (QED) is 0.903. The summed E-state index contributed by atoms with van der Waals surface area (Å²) in [7, 11) is -4.18. The van der Waals surface area contributed by atoms with Gasteiger partial charge in [-0.05, 0) is 36.4 Å². The molecular weight excluding hydrogens is 317 g/mol. The van der Waals surface area contributed by atoms with Gasteiger partial charge in [0.1, 0.15) is 15.6 Å². The molecule has 0 fully saturated rings. The Balaban J connectivity index is 2.54. The number of sulfonamides is 1. The fraction of sp³-hybridized carbons (Fsp3) is 0.154. The predicted octanol–water partition coefficient (Wildman–Crippen LogP) is 3.00. The van der Waals surface area contributed by atoms with Gasteiger partial charge < -0.3 is 5.11 Å². The summed E-state index contributed by atoms with van der Waals surface area (Å²) >= 11 is 0.818. The average Bonchev–Trinajstić information content (AvgIpc) is 2.77. The van der Waals surface area contributed by atoms with E-state index in [1.54, 1.807) is 13.0 Å². The van der Waals surface area contributed by atoms with Crippen molar-refractivity contribution in [3.8, 4) is 0 Å². The van der Waals surface area contributed by atoms with Gasteiger partial charge in [0.2, 0.25) is 0 Å². The Bertz CT molecular complexity index is 791. The molecule has 0 saturated carbocycles. The second-order valence-electron chi connectivity index (χ2n) is 4.42. The van der Waals surface area contributed by atoms with Crippen molar-refractivity contribution in [2.75, 3.05) is 4.72 Å². The Morgan fingerprint density at radius 3 is 2.52 bits per heavy atom. The van der Waals surface area contributed by atoms with Crippen molar-refractivity contribution in [1.29, 1.82) is 0 Å². The standard InChI is InChI=1S/C13H12FNO4S2/c1-7-4-3-5-9(14)10(7)15-21(18,19)12-8(2)6-20-11(12)13(16)17/h3-6,15H,1-2H3,(H,16,17). The number of halogens is 1. The molecule has 0 radical (unpaired) electrons. The number of carboxylic acid groups (broad SMARTS) is 1. The van der Waals surface area contributed by atoms with E-state index in [2.05, 4.69) is 4.72 Å². The smallest absolute Gasteiger partial charge is 0.347 e. The minimum Gasteiger partial charge on any atom is -0.477 e. The van der Waals surface area contributed by atoms with Crippen LogP contribution in [0.2, 0.25) is 0 Å². The van der Waals surface area contributed by atoms with Gasteiger partial charge in [0.25, 0.3) is 10.0 Å². The first-order chi connectivity index (χ1) is 9.74. The maximum Gasteiger partial charge on any atom is 0.347 e. The van der Waals surface area contributed by atoms with Gasteiger partial charge in [0.05, 0.1) is 5.69 Å². The van der Waals surface area contributed by atoms with E-state index < -0.39 is 21.8 Å². The largest absolute Gasteiger partial charge is 0.477 e. The molecule has 0 aliphatic carbocycles. The van der Waals surface area contributed by atoms with E-state index >= 15 is 0 Å². The minimum absolute atomic E-state index is 0.181. The topological polar surface area (TPSA) is 83.5 Å². The SMILES string of the molecule is Cc1cccc(F)c1NS(=O)(=O)c1c(C)csc1C(=O)O. The second-order valence-corrected chi connectivity index (χ2v) is 6.92. The highest BCUT2D eigenvalue weighted by Gasteiger charge is 2.28. The summed E-state index contributed by atoms with van der Waals surface area (Å²) < 4.78 is 40.6. The number of anilines is 1. The summed E-state index contributed by atoms with van der Waals surface area (Å²) in [5.41, 5.74) is 0.529. The van der Waals surface area contributed by atoms with Crippen molar-refractivity contribution in [3.05, 3.63) is 45.4 Å². The van der Waals surface area contributed by atoms with Crippen LogP contribution < -0.4 is 4.72 Å². The maximum absolute atomic E-state index is 13.7. The number of nitrogens with one attached hydrogen (secondary N) is 1. The Labute approximate surface area is 125 Å². The molecular formula is C13H12FNO4S2. The summed E-state index contributed by atoms with van der Waals surface area (Å²) in [6.07, 6.45) is 0. The number of rotatable bonds is 4. The Morgan fingerprint density at radius 1 is 1.29 bits per heavy atom. The zero-order chi connectivity index (χ0) is 15.8. The number of thiophene rings is 1. The Morgan fingerprint density at radius 2 is 1.95 bits per heavy atom. The first-order valence-corrected chi connectivity index (χ1v) is 8.19. The highest BCUT2D eigenvalue weighted by atomic mass is 32.2. The fourth-order valence-electron chi connectivity index (χ4n) is 1.86. The van der Waals surface area contributed by atoms with Crippen LogP contribution in [0.5, 0.6) is 0 Å². The molecule has 21 heavy (non-hydrogen) atoms. The van der Waals surface area contributed by atoms with Crippen LogP contribution in [-0.2, 0) is 10.0 Å². The lowest BCUT2D eigenvalue weighted by Crippen LogP contribution is -2.17. The van der Waals surface area contributed by atoms with E-state index in [9.17, 15) is 17.6 Å². The molecule has 0 aliphatic rings. The number of carboxylic acids is 1. The van der Waals surface area contributed by atoms with Crippen molar-refractivity contribution in [1.82, 2.24) is 0 Å². The molecule has 1 aromatic carbocycles. The molecule has 8 heteroatoms. The van der Waals surface area contributed by atoms with Crippen LogP contribution in [0.4, 0.5) is 10.1 Å². The molecule has 0 atom stereocenters. The van der Waals surface area contributed by atoms with E-state index in [1.165, 1.54) is 18.4 Å². The molecule has 0 aliphatic heterocycles. The third-order valence-electron chi connectivity index (χ3n) is 2.84. The third-order valence-corrected chi connectivity index (χ3v) is 5.59. The highest BCUT2D eigenvalue weighted by molar-refractivity contribution is 7.93. The van der Waals surface area contributed by atoms with E-state index in [0.717, 1.165) is 17.4 Å². The number of aryl methyl sites for hydroxylation is 2. The summed E-state index contributed by atoms with van der Waals surface area (Å²) in [6, 6.07) is 4.14. The van der Waals surface area contributed by atoms with Crippen molar-refractivity contribution in [2.24, 2.45) is 0 Å². The number of hydrogen-bond acceptors (Lipinski definition) is 4. The molecule has 2 rings (SSSR count). The minimum atomic E-state index is -4.18. The fourth-order valence-corrected chi connectivity index (χ4v) is 4.63. The number of aromatic carboxylic acids is 1. The average molecular weight is 329 g/mol. The summed E-state index contributed by atoms with van der Waals surface area (Å²) in [5, 5.41) is 10.5.